The van der Waals surface area contributed by atoms with Crippen molar-refractivity contribution in [3.05, 3.63) is 10.8 Å². The lowest BCUT2D eigenvalue weighted by Gasteiger charge is -2.28. The fourth-order valence-corrected chi connectivity index (χ4v) is 1.66. The number of imidazole rings is 1. The van der Waals surface area contributed by atoms with Gasteiger partial charge in [0.25, 0.3) is 0 Å². The number of nitrogens with zero attached hydrogens (tertiary/aromatic N) is 2. The summed E-state index contributed by atoms with van der Waals surface area (Å²) in [6, 6.07) is 0.367. The summed E-state index contributed by atoms with van der Waals surface area (Å²) in [6.07, 6.45) is 1.70. The molecule has 60 valence electrons. The zero-order valence-electron chi connectivity index (χ0n) is 5.83. The van der Waals surface area contributed by atoms with Crippen molar-refractivity contribution in [3.63, 3.8) is 0 Å². The van der Waals surface area contributed by atoms with Gasteiger partial charge in [0, 0.05) is 0 Å². The van der Waals surface area contributed by atoms with Gasteiger partial charge in [-0.05, 0) is 15.9 Å². The van der Waals surface area contributed by atoms with Crippen LogP contribution in [-0.4, -0.2) is 22.8 Å². The average molecular weight is 218 g/mol. The van der Waals surface area contributed by atoms with Crippen molar-refractivity contribution in [1.82, 2.24) is 9.55 Å². The number of hydrogen-bond acceptors (Lipinski definition) is 3. The highest BCUT2D eigenvalue weighted by Crippen LogP contribution is 2.25. The molecule has 0 aliphatic carbocycles. The minimum absolute atomic E-state index is 0.367. The van der Waals surface area contributed by atoms with Crippen molar-refractivity contribution in [1.29, 1.82) is 0 Å². The molecule has 0 radical (unpaired) electrons. The van der Waals surface area contributed by atoms with Crippen LogP contribution in [0.2, 0.25) is 0 Å². The summed E-state index contributed by atoms with van der Waals surface area (Å²) in [7, 11) is 0. The number of halogens is 1. The molecule has 0 spiro atoms. The minimum Gasteiger partial charge on any atom is -0.377 e. The van der Waals surface area contributed by atoms with Crippen LogP contribution in [0.4, 0.5) is 5.95 Å². The van der Waals surface area contributed by atoms with E-state index in [2.05, 4.69) is 20.9 Å². The number of aromatic nitrogens is 2. The minimum atomic E-state index is 0.367. The molecule has 11 heavy (non-hydrogen) atoms. The lowest BCUT2D eigenvalue weighted by molar-refractivity contribution is -0.0232. The molecule has 0 aromatic carbocycles. The smallest absolute Gasteiger partial charge is 0.201 e. The molecule has 5 heteroatoms. The number of rotatable bonds is 1. The van der Waals surface area contributed by atoms with Gasteiger partial charge in [0.15, 0.2) is 0 Å². The third-order valence-electron chi connectivity index (χ3n) is 1.77. The molecular formula is C6H8BrN3O. The maximum absolute atomic E-state index is 5.62. The van der Waals surface area contributed by atoms with E-state index in [1.54, 1.807) is 6.20 Å². The first-order valence-corrected chi connectivity index (χ1v) is 4.14. The highest BCUT2D eigenvalue weighted by Gasteiger charge is 2.23. The van der Waals surface area contributed by atoms with Crippen LogP contribution in [0.15, 0.2) is 10.8 Å². The van der Waals surface area contributed by atoms with Crippen LogP contribution in [0, 0.1) is 0 Å². The Morgan fingerprint density at radius 1 is 1.73 bits per heavy atom. The van der Waals surface area contributed by atoms with E-state index in [4.69, 9.17) is 10.5 Å². The first kappa shape index (κ1) is 7.12. The SMILES string of the molecule is Nc1ncc(Br)n1C1COC1. The molecule has 2 rings (SSSR count). The van der Waals surface area contributed by atoms with Gasteiger partial charge >= 0.3 is 0 Å². The second-order valence-corrected chi connectivity index (χ2v) is 3.31. The normalized spacial score (nSPS) is 18.3. The van der Waals surface area contributed by atoms with Crippen LogP contribution in [-0.2, 0) is 4.74 Å². The monoisotopic (exact) mass is 217 g/mol. The Bertz CT molecular complexity index is 249. The van der Waals surface area contributed by atoms with Crippen LogP contribution >= 0.6 is 15.9 Å². The van der Waals surface area contributed by atoms with Crippen LogP contribution in [0.25, 0.3) is 0 Å². The molecular weight excluding hydrogens is 210 g/mol. The zero-order valence-corrected chi connectivity index (χ0v) is 7.41. The van der Waals surface area contributed by atoms with Crippen molar-refractivity contribution >= 4 is 21.9 Å². The molecule has 0 saturated carbocycles. The lowest BCUT2D eigenvalue weighted by Crippen LogP contribution is -2.31. The van der Waals surface area contributed by atoms with Gasteiger partial charge in [0.2, 0.25) is 5.95 Å². The van der Waals surface area contributed by atoms with E-state index in [0.717, 1.165) is 17.8 Å². The third-order valence-corrected chi connectivity index (χ3v) is 2.35. The number of ether oxygens (including phenoxy) is 1. The Morgan fingerprint density at radius 2 is 2.45 bits per heavy atom. The van der Waals surface area contributed by atoms with Gasteiger partial charge in [0.1, 0.15) is 4.60 Å². The van der Waals surface area contributed by atoms with E-state index in [0.29, 0.717) is 12.0 Å². The fourth-order valence-electron chi connectivity index (χ4n) is 1.09. The van der Waals surface area contributed by atoms with Gasteiger partial charge in [-0.15, -0.1) is 0 Å². The predicted molar refractivity (Wildman–Crippen MR) is 44.2 cm³/mol. The van der Waals surface area contributed by atoms with Crippen LogP contribution < -0.4 is 5.73 Å². The summed E-state index contributed by atoms with van der Waals surface area (Å²) in [5.74, 6) is 0.546. The van der Waals surface area contributed by atoms with Gasteiger partial charge in [-0.25, -0.2) is 4.98 Å². The molecule has 1 saturated heterocycles. The summed E-state index contributed by atoms with van der Waals surface area (Å²) >= 11 is 3.36. The zero-order chi connectivity index (χ0) is 7.84. The Morgan fingerprint density at radius 3 is 2.82 bits per heavy atom. The number of nitrogens with two attached hydrogens (primary N) is 1. The van der Waals surface area contributed by atoms with Gasteiger partial charge in [0.05, 0.1) is 25.5 Å². The summed E-state index contributed by atoms with van der Waals surface area (Å²) in [5, 5.41) is 0. The van der Waals surface area contributed by atoms with Crippen molar-refractivity contribution in [2.24, 2.45) is 0 Å². The number of nitrogen functional groups attached to an aromatic ring is 1. The van der Waals surface area contributed by atoms with E-state index in [9.17, 15) is 0 Å². The lowest BCUT2D eigenvalue weighted by atomic mass is 10.2. The molecule has 1 fully saturated rings. The Kier molecular flexibility index (Phi) is 1.61. The molecule has 0 atom stereocenters. The standard InChI is InChI=1S/C6H8BrN3O/c7-5-1-9-6(8)10(5)4-2-11-3-4/h1,4H,2-3H2,(H2,8,9). The molecule has 4 nitrogen and oxygen atoms in total. The summed E-state index contributed by atoms with van der Waals surface area (Å²) in [4.78, 5) is 3.96. The van der Waals surface area contributed by atoms with Crippen molar-refractivity contribution in [2.45, 2.75) is 6.04 Å². The Labute approximate surface area is 72.5 Å². The first-order valence-electron chi connectivity index (χ1n) is 3.35. The van der Waals surface area contributed by atoms with E-state index in [1.807, 2.05) is 4.57 Å². The summed E-state index contributed by atoms with van der Waals surface area (Å²) in [5.41, 5.74) is 5.62. The topological polar surface area (TPSA) is 53.1 Å². The molecule has 1 aliphatic heterocycles. The van der Waals surface area contributed by atoms with Crippen molar-refractivity contribution in [2.75, 3.05) is 18.9 Å². The molecule has 0 amide bonds. The van der Waals surface area contributed by atoms with E-state index < -0.39 is 0 Å². The summed E-state index contributed by atoms with van der Waals surface area (Å²) < 4.78 is 7.90. The molecule has 0 unspecified atom stereocenters. The quantitative estimate of drug-likeness (QED) is 0.758. The molecule has 2 N–H and O–H groups in total. The average Bonchev–Trinajstić information content (AvgIpc) is 2.15. The third kappa shape index (κ3) is 1.04. The maximum atomic E-state index is 5.62. The van der Waals surface area contributed by atoms with E-state index in [-0.39, 0.29) is 0 Å². The van der Waals surface area contributed by atoms with Gasteiger partial charge in [-0.3, -0.25) is 4.57 Å². The van der Waals surface area contributed by atoms with Gasteiger partial charge < -0.3 is 10.5 Å². The number of anilines is 1. The van der Waals surface area contributed by atoms with Crippen molar-refractivity contribution < 1.29 is 4.74 Å². The van der Waals surface area contributed by atoms with E-state index in [1.165, 1.54) is 0 Å². The van der Waals surface area contributed by atoms with E-state index >= 15 is 0 Å². The Balaban J connectivity index is 2.33. The highest BCUT2D eigenvalue weighted by molar-refractivity contribution is 9.10. The molecule has 1 aliphatic rings. The van der Waals surface area contributed by atoms with Crippen LogP contribution in [0.1, 0.15) is 6.04 Å². The molecule has 1 aromatic rings. The summed E-state index contributed by atoms with van der Waals surface area (Å²) in [6.45, 7) is 1.47. The van der Waals surface area contributed by atoms with Crippen molar-refractivity contribution in [3.8, 4) is 0 Å². The molecule has 0 bridgehead atoms. The van der Waals surface area contributed by atoms with Crippen LogP contribution in [0.5, 0.6) is 0 Å². The second-order valence-electron chi connectivity index (χ2n) is 2.50. The first-order chi connectivity index (χ1) is 5.29. The highest BCUT2D eigenvalue weighted by atomic mass is 79.9. The predicted octanol–water partition coefficient (Wildman–Crippen LogP) is 0.799. The van der Waals surface area contributed by atoms with Gasteiger partial charge in [-0.1, -0.05) is 0 Å². The number of hydrogen-bond donors (Lipinski definition) is 1. The second kappa shape index (κ2) is 2.49. The maximum Gasteiger partial charge on any atom is 0.201 e. The van der Waals surface area contributed by atoms with Crippen LogP contribution in [0.3, 0.4) is 0 Å². The largest absolute Gasteiger partial charge is 0.377 e. The molecule has 2 heterocycles. The fraction of sp³-hybridized carbons (Fsp3) is 0.500. The molecule has 1 aromatic heterocycles. The van der Waals surface area contributed by atoms with Gasteiger partial charge in [-0.2, -0.15) is 0 Å². The Hall–Kier alpha value is -0.550.